The number of aromatic nitrogens is 3. The van der Waals surface area contributed by atoms with Gasteiger partial charge in [0.2, 0.25) is 0 Å². The van der Waals surface area contributed by atoms with E-state index in [-0.39, 0.29) is 11.0 Å². The molecule has 1 atom stereocenters. The molecule has 5 nitrogen and oxygen atoms in total. The third-order valence-electron chi connectivity index (χ3n) is 3.85. The molecular weight excluding hydrogens is 322 g/mol. The van der Waals surface area contributed by atoms with Crippen molar-refractivity contribution < 1.29 is 9.21 Å². The van der Waals surface area contributed by atoms with Crippen molar-refractivity contribution in [3.8, 4) is 11.4 Å². The van der Waals surface area contributed by atoms with Gasteiger partial charge in [0, 0.05) is 0 Å². The zero-order valence-electron chi connectivity index (χ0n) is 13.9. The summed E-state index contributed by atoms with van der Waals surface area (Å²) in [4.78, 5) is 11.6. The number of thioether (sulfide) groups is 1. The van der Waals surface area contributed by atoms with Crippen molar-refractivity contribution >= 4 is 17.5 Å². The maximum Gasteiger partial charge on any atom is 0.192 e. The van der Waals surface area contributed by atoms with Crippen molar-refractivity contribution in [3.05, 3.63) is 54.0 Å². The van der Waals surface area contributed by atoms with Gasteiger partial charge in [-0.2, -0.15) is 0 Å². The average molecular weight is 341 g/mol. The van der Waals surface area contributed by atoms with Crippen LogP contribution in [0, 0.1) is 6.92 Å². The molecular formula is C18H19N3O2S. The first-order valence-electron chi connectivity index (χ1n) is 7.75. The topological polar surface area (TPSA) is 60.9 Å². The van der Waals surface area contributed by atoms with Crippen molar-refractivity contribution in [1.29, 1.82) is 0 Å². The summed E-state index contributed by atoms with van der Waals surface area (Å²) in [6.07, 6.45) is 1.65. The van der Waals surface area contributed by atoms with E-state index in [2.05, 4.69) is 22.3 Å². The third kappa shape index (κ3) is 3.43. The number of benzene rings is 1. The van der Waals surface area contributed by atoms with Gasteiger partial charge in [0.15, 0.2) is 11.0 Å². The Kier molecular flexibility index (Phi) is 4.85. The van der Waals surface area contributed by atoms with Crippen molar-refractivity contribution in [2.24, 2.45) is 0 Å². The average Bonchev–Trinajstić information content (AvgIpc) is 3.15. The summed E-state index contributed by atoms with van der Waals surface area (Å²) in [5, 5.41) is 9.23. The van der Waals surface area contributed by atoms with E-state index >= 15 is 0 Å². The molecule has 2 heterocycles. The molecule has 24 heavy (non-hydrogen) atoms. The van der Waals surface area contributed by atoms with Crippen LogP contribution in [0.4, 0.5) is 0 Å². The molecule has 3 aromatic rings. The number of hydrogen-bond acceptors (Lipinski definition) is 5. The Balaban J connectivity index is 2.02. The molecule has 0 radical (unpaired) electrons. The van der Waals surface area contributed by atoms with E-state index in [1.54, 1.807) is 13.2 Å². The van der Waals surface area contributed by atoms with Crippen LogP contribution in [0.15, 0.2) is 52.2 Å². The highest BCUT2D eigenvalue weighted by atomic mass is 32.2. The van der Waals surface area contributed by atoms with E-state index in [1.807, 2.05) is 42.7 Å². The zero-order chi connectivity index (χ0) is 17.1. The zero-order valence-corrected chi connectivity index (χ0v) is 14.7. The van der Waals surface area contributed by atoms with Gasteiger partial charge < -0.3 is 4.42 Å². The van der Waals surface area contributed by atoms with Crippen LogP contribution < -0.4 is 0 Å². The first-order chi connectivity index (χ1) is 11.6. The molecule has 0 spiro atoms. The van der Waals surface area contributed by atoms with Crippen LogP contribution in [0.3, 0.4) is 0 Å². The number of Topliss-reactive ketones (excluding diaryl/α,β-unsaturated/α-hetero) is 1. The Bertz CT molecular complexity index is 839. The summed E-state index contributed by atoms with van der Waals surface area (Å²) >= 11 is 1.43. The van der Waals surface area contributed by atoms with E-state index in [1.165, 1.54) is 11.8 Å². The van der Waals surface area contributed by atoms with Crippen LogP contribution in [0.2, 0.25) is 0 Å². The third-order valence-corrected chi connectivity index (χ3v) is 5.05. The Labute approximate surface area is 145 Å². The van der Waals surface area contributed by atoms with E-state index < -0.39 is 0 Å². The lowest BCUT2D eigenvalue weighted by Gasteiger charge is -2.12. The molecule has 124 valence electrons. The summed E-state index contributed by atoms with van der Waals surface area (Å²) in [5.74, 6) is 1.67. The molecule has 0 saturated carbocycles. The number of ketones is 1. The largest absolute Gasteiger partial charge is 0.469 e. The summed E-state index contributed by atoms with van der Waals surface area (Å²) in [5.41, 5.74) is 2.07. The maximum absolute atomic E-state index is 11.6. The molecule has 2 aromatic heterocycles. The minimum absolute atomic E-state index is 0.121. The van der Waals surface area contributed by atoms with Gasteiger partial charge in [0.05, 0.1) is 23.6 Å². The van der Waals surface area contributed by atoms with E-state index in [0.29, 0.717) is 6.54 Å². The lowest BCUT2D eigenvalue weighted by Crippen LogP contribution is -2.11. The van der Waals surface area contributed by atoms with Crippen LogP contribution in [0.25, 0.3) is 11.4 Å². The Morgan fingerprint density at radius 1 is 1.25 bits per heavy atom. The van der Waals surface area contributed by atoms with Crippen LogP contribution in [-0.4, -0.2) is 25.8 Å². The van der Waals surface area contributed by atoms with Crippen molar-refractivity contribution in [2.45, 2.75) is 37.7 Å². The van der Waals surface area contributed by atoms with Crippen LogP contribution in [0.5, 0.6) is 0 Å². The molecule has 0 unspecified atom stereocenters. The molecule has 0 amide bonds. The molecule has 0 aliphatic heterocycles. The van der Waals surface area contributed by atoms with Gasteiger partial charge >= 0.3 is 0 Å². The van der Waals surface area contributed by atoms with Gasteiger partial charge in [-0.25, -0.2) is 0 Å². The molecule has 1 aromatic carbocycles. The number of furan rings is 1. The van der Waals surface area contributed by atoms with Gasteiger partial charge in [0.1, 0.15) is 11.5 Å². The fraction of sp³-hybridized carbons (Fsp3) is 0.278. The lowest BCUT2D eigenvalue weighted by molar-refractivity contribution is -0.116. The normalized spacial score (nSPS) is 12.3. The number of carbonyl (C=O) groups is 1. The molecule has 0 bridgehead atoms. The van der Waals surface area contributed by atoms with E-state index in [4.69, 9.17) is 4.42 Å². The number of nitrogens with zero attached hydrogens (tertiary/aromatic N) is 3. The van der Waals surface area contributed by atoms with Crippen molar-refractivity contribution in [1.82, 2.24) is 14.8 Å². The Hall–Kier alpha value is -2.34. The van der Waals surface area contributed by atoms with Crippen LogP contribution in [-0.2, 0) is 11.3 Å². The summed E-state index contributed by atoms with van der Waals surface area (Å²) in [6.45, 7) is 6.02. The highest BCUT2D eigenvalue weighted by Gasteiger charge is 2.20. The first-order valence-corrected chi connectivity index (χ1v) is 8.63. The molecule has 0 aliphatic rings. The van der Waals surface area contributed by atoms with Crippen LogP contribution >= 0.6 is 11.8 Å². The van der Waals surface area contributed by atoms with Crippen molar-refractivity contribution in [3.63, 3.8) is 0 Å². The smallest absolute Gasteiger partial charge is 0.192 e. The predicted octanol–water partition coefficient (Wildman–Crippen LogP) is 3.96. The fourth-order valence-corrected chi connectivity index (χ4v) is 3.19. The predicted molar refractivity (Wildman–Crippen MR) is 94.0 cm³/mol. The van der Waals surface area contributed by atoms with Gasteiger partial charge in [-0.15, -0.1) is 10.2 Å². The second kappa shape index (κ2) is 7.05. The number of hydrogen-bond donors (Lipinski definition) is 0. The quantitative estimate of drug-likeness (QED) is 0.635. The lowest BCUT2D eigenvalue weighted by atomic mass is 10.2. The Morgan fingerprint density at radius 3 is 2.62 bits per heavy atom. The standard InChI is InChI=1S/C18H19N3O2S/c1-12(22)14(3)24-18-20-19-17(16-9-10-23-13(16)2)21(18)11-15-7-5-4-6-8-15/h4-10,14H,11H2,1-3H3/t14-/m0/s1. The summed E-state index contributed by atoms with van der Waals surface area (Å²) < 4.78 is 7.45. The van der Waals surface area contributed by atoms with Crippen molar-refractivity contribution in [2.75, 3.05) is 0 Å². The highest BCUT2D eigenvalue weighted by molar-refractivity contribution is 8.00. The minimum atomic E-state index is -0.165. The first kappa shape index (κ1) is 16.5. The fourth-order valence-electron chi connectivity index (χ4n) is 2.34. The van der Waals surface area contributed by atoms with E-state index in [9.17, 15) is 4.79 Å². The SMILES string of the molecule is CC(=O)[C@H](C)Sc1nnc(-c2ccoc2C)n1Cc1ccccc1. The van der Waals surface area contributed by atoms with Gasteiger partial charge in [-0.3, -0.25) is 9.36 Å². The van der Waals surface area contributed by atoms with Gasteiger partial charge in [-0.05, 0) is 32.4 Å². The van der Waals surface area contributed by atoms with Crippen LogP contribution in [0.1, 0.15) is 25.2 Å². The molecule has 0 fully saturated rings. The van der Waals surface area contributed by atoms with Gasteiger partial charge in [0.25, 0.3) is 0 Å². The number of aryl methyl sites for hydroxylation is 1. The van der Waals surface area contributed by atoms with E-state index in [0.717, 1.165) is 27.9 Å². The molecule has 6 heteroatoms. The summed E-state index contributed by atoms with van der Waals surface area (Å²) in [7, 11) is 0. The molecule has 0 N–H and O–H groups in total. The monoisotopic (exact) mass is 341 g/mol. The molecule has 0 aliphatic carbocycles. The van der Waals surface area contributed by atoms with Gasteiger partial charge in [-0.1, -0.05) is 42.1 Å². The highest BCUT2D eigenvalue weighted by Crippen LogP contribution is 2.29. The molecule has 0 saturated heterocycles. The second-order valence-electron chi connectivity index (χ2n) is 5.64. The number of carbonyl (C=O) groups excluding carboxylic acids is 1. The molecule has 3 rings (SSSR count). The maximum atomic E-state index is 11.6. The second-order valence-corrected chi connectivity index (χ2v) is 6.95. The Morgan fingerprint density at radius 2 is 2.00 bits per heavy atom. The summed E-state index contributed by atoms with van der Waals surface area (Å²) in [6, 6.07) is 12.0. The minimum Gasteiger partial charge on any atom is -0.469 e. The number of rotatable bonds is 6.